The minimum absolute atomic E-state index is 0.176. The van der Waals surface area contributed by atoms with Crippen LogP contribution in [-0.4, -0.2) is 14.1 Å². The summed E-state index contributed by atoms with van der Waals surface area (Å²) in [7, 11) is -3.80. The third kappa shape index (κ3) is 3.80. The number of nitrogens with zero attached hydrogens (tertiary/aromatic N) is 1. The van der Waals surface area contributed by atoms with Gasteiger partial charge in [0.25, 0.3) is 10.0 Å². The van der Waals surface area contributed by atoms with Crippen LogP contribution in [0.2, 0.25) is 0 Å². The molecule has 0 radical (unpaired) electrons. The van der Waals surface area contributed by atoms with Crippen LogP contribution < -0.4 is 4.83 Å². The molecule has 0 bridgehead atoms. The van der Waals surface area contributed by atoms with Gasteiger partial charge in [-0.1, -0.05) is 91.0 Å². The molecule has 28 heavy (non-hydrogen) atoms. The van der Waals surface area contributed by atoms with Crippen molar-refractivity contribution in [3.05, 3.63) is 114 Å². The van der Waals surface area contributed by atoms with E-state index in [1.165, 1.54) is 0 Å². The normalized spacial score (nSPS) is 11.1. The van der Waals surface area contributed by atoms with Crippen LogP contribution in [0.5, 0.6) is 0 Å². The number of hydrazone groups is 1. The molecule has 4 rings (SSSR count). The Bertz CT molecular complexity index is 1190. The summed E-state index contributed by atoms with van der Waals surface area (Å²) in [5, 5.41) is 6.12. The second kappa shape index (κ2) is 7.66. The van der Waals surface area contributed by atoms with Gasteiger partial charge in [-0.05, 0) is 22.9 Å². The first kappa shape index (κ1) is 17.9. The van der Waals surface area contributed by atoms with E-state index in [4.69, 9.17) is 0 Å². The highest BCUT2D eigenvalue weighted by atomic mass is 32.2. The zero-order valence-corrected chi connectivity index (χ0v) is 15.8. The maximum Gasteiger partial charge on any atom is 0.276 e. The van der Waals surface area contributed by atoms with Gasteiger partial charge in [-0.2, -0.15) is 18.4 Å². The standard InChI is InChI=1S/C23H18N2O2S/c26-28(27,22-16-15-18-9-7-8-14-21(18)17-22)25-24-23(19-10-3-1-4-11-19)20-12-5-2-6-13-20/h1-17,25H. The van der Waals surface area contributed by atoms with Crippen molar-refractivity contribution < 1.29 is 8.42 Å². The van der Waals surface area contributed by atoms with E-state index in [0.29, 0.717) is 5.71 Å². The van der Waals surface area contributed by atoms with Crippen LogP contribution in [0.25, 0.3) is 10.8 Å². The lowest BCUT2D eigenvalue weighted by atomic mass is 10.0. The first-order chi connectivity index (χ1) is 13.6. The Labute approximate surface area is 164 Å². The lowest BCUT2D eigenvalue weighted by Gasteiger charge is -2.09. The van der Waals surface area contributed by atoms with Gasteiger partial charge in [0.05, 0.1) is 10.6 Å². The Balaban J connectivity index is 1.72. The summed E-state index contributed by atoms with van der Waals surface area (Å²) in [4.78, 5) is 2.57. The van der Waals surface area contributed by atoms with Crippen LogP contribution in [0.15, 0.2) is 113 Å². The molecule has 0 atom stereocenters. The molecular weight excluding hydrogens is 368 g/mol. The molecular formula is C23H18N2O2S. The predicted molar refractivity (Wildman–Crippen MR) is 113 cm³/mol. The Hall–Kier alpha value is -3.44. The summed E-state index contributed by atoms with van der Waals surface area (Å²) < 4.78 is 25.6. The largest absolute Gasteiger partial charge is 0.276 e. The zero-order chi connectivity index (χ0) is 19.4. The number of hydrogen-bond donors (Lipinski definition) is 1. The van der Waals surface area contributed by atoms with E-state index in [1.807, 2.05) is 84.9 Å². The Morgan fingerprint density at radius 3 is 1.79 bits per heavy atom. The summed E-state index contributed by atoms with van der Waals surface area (Å²) in [6.07, 6.45) is 0. The summed E-state index contributed by atoms with van der Waals surface area (Å²) >= 11 is 0. The SMILES string of the molecule is O=S(=O)(NN=C(c1ccccc1)c1ccccc1)c1ccc2ccccc2c1. The molecule has 0 saturated carbocycles. The van der Waals surface area contributed by atoms with Crippen LogP contribution in [0.4, 0.5) is 0 Å². The van der Waals surface area contributed by atoms with Crippen molar-refractivity contribution in [3.63, 3.8) is 0 Å². The van der Waals surface area contributed by atoms with E-state index >= 15 is 0 Å². The molecule has 0 heterocycles. The van der Waals surface area contributed by atoms with Crippen molar-refractivity contribution in [2.75, 3.05) is 0 Å². The Morgan fingerprint density at radius 2 is 1.18 bits per heavy atom. The smallest absolute Gasteiger partial charge is 0.200 e. The molecule has 0 saturated heterocycles. The molecule has 0 fully saturated rings. The highest BCUT2D eigenvalue weighted by Gasteiger charge is 2.15. The summed E-state index contributed by atoms with van der Waals surface area (Å²) in [6.45, 7) is 0. The van der Waals surface area contributed by atoms with Crippen molar-refractivity contribution in [2.24, 2.45) is 5.10 Å². The molecule has 0 aliphatic heterocycles. The van der Waals surface area contributed by atoms with Gasteiger partial charge in [0.15, 0.2) is 0 Å². The predicted octanol–water partition coefficient (Wildman–Crippen LogP) is 4.57. The lowest BCUT2D eigenvalue weighted by molar-refractivity contribution is 0.584. The van der Waals surface area contributed by atoms with Crippen LogP contribution in [-0.2, 0) is 10.0 Å². The second-order valence-electron chi connectivity index (χ2n) is 6.30. The number of sulfonamides is 1. The van der Waals surface area contributed by atoms with E-state index in [9.17, 15) is 8.42 Å². The van der Waals surface area contributed by atoms with Gasteiger partial charge in [-0.3, -0.25) is 0 Å². The molecule has 5 heteroatoms. The fraction of sp³-hybridized carbons (Fsp3) is 0. The molecule has 4 aromatic carbocycles. The highest BCUT2D eigenvalue weighted by Crippen LogP contribution is 2.19. The highest BCUT2D eigenvalue weighted by molar-refractivity contribution is 7.89. The maximum atomic E-state index is 12.8. The summed E-state index contributed by atoms with van der Waals surface area (Å²) in [5.74, 6) is 0. The number of fused-ring (bicyclic) bond motifs is 1. The first-order valence-electron chi connectivity index (χ1n) is 8.83. The van der Waals surface area contributed by atoms with Gasteiger partial charge in [-0.25, -0.2) is 0 Å². The minimum Gasteiger partial charge on any atom is -0.200 e. The molecule has 0 aliphatic carbocycles. The van der Waals surface area contributed by atoms with Gasteiger partial charge in [0.1, 0.15) is 0 Å². The number of hydrogen-bond acceptors (Lipinski definition) is 3. The third-order valence-electron chi connectivity index (χ3n) is 4.40. The fourth-order valence-electron chi connectivity index (χ4n) is 2.98. The van der Waals surface area contributed by atoms with Gasteiger partial charge < -0.3 is 0 Å². The van der Waals surface area contributed by atoms with Gasteiger partial charge in [0.2, 0.25) is 0 Å². The molecule has 138 valence electrons. The van der Waals surface area contributed by atoms with Crippen LogP contribution in [0.1, 0.15) is 11.1 Å². The maximum absolute atomic E-state index is 12.8. The molecule has 0 amide bonds. The van der Waals surface area contributed by atoms with Crippen LogP contribution in [0.3, 0.4) is 0 Å². The second-order valence-corrected chi connectivity index (χ2v) is 7.96. The number of rotatable bonds is 5. The van der Waals surface area contributed by atoms with E-state index in [2.05, 4.69) is 9.93 Å². The molecule has 4 aromatic rings. The third-order valence-corrected chi connectivity index (χ3v) is 5.61. The van der Waals surface area contributed by atoms with E-state index in [-0.39, 0.29) is 4.90 Å². The molecule has 0 spiro atoms. The lowest BCUT2D eigenvalue weighted by Crippen LogP contribution is -2.21. The zero-order valence-electron chi connectivity index (χ0n) is 15.0. The number of benzene rings is 4. The van der Waals surface area contributed by atoms with Gasteiger partial charge >= 0.3 is 0 Å². The molecule has 4 nitrogen and oxygen atoms in total. The average molecular weight is 386 g/mol. The van der Waals surface area contributed by atoms with Crippen molar-refractivity contribution in [3.8, 4) is 0 Å². The average Bonchev–Trinajstić information content (AvgIpc) is 2.75. The summed E-state index contributed by atoms with van der Waals surface area (Å²) in [5.41, 5.74) is 2.22. The Morgan fingerprint density at radius 1 is 0.643 bits per heavy atom. The van der Waals surface area contributed by atoms with E-state index in [0.717, 1.165) is 21.9 Å². The number of nitrogens with one attached hydrogen (secondary N) is 1. The Kier molecular flexibility index (Phi) is 4.91. The van der Waals surface area contributed by atoms with Crippen LogP contribution >= 0.6 is 0 Å². The first-order valence-corrected chi connectivity index (χ1v) is 10.3. The topological polar surface area (TPSA) is 58.5 Å². The molecule has 0 aliphatic rings. The van der Waals surface area contributed by atoms with Gasteiger partial charge in [0, 0.05) is 11.1 Å². The monoisotopic (exact) mass is 386 g/mol. The quantitative estimate of drug-likeness (QED) is 0.403. The molecule has 1 N–H and O–H groups in total. The van der Waals surface area contributed by atoms with Crippen molar-refractivity contribution in [2.45, 2.75) is 4.90 Å². The molecule has 0 unspecified atom stereocenters. The van der Waals surface area contributed by atoms with Crippen molar-refractivity contribution in [1.29, 1.82) is 0 Å². The van der Waals surface area contributed by atoms with Crippen LogP contribution in [0, 0.1) is 0 Å². The minimum atomic E-state index is -3.80. The van der Waals surface area contributed by atoms with Crippen molar-refractivity contribution >= 4 is 26.5 Å². The van der Waals surface area contributed by atoms with Crippen molar-refractivity contribution in [1.82, 2.24) is 4.83 Å². The summed E-state index contributed by atoms with van der Waals surface area (Å²) in [6, 6.07) is 31.7. The van der Waals surface area contributed by atoms with E-state index in [1.54, 1.807) is 18.2 Å². The van der Waals surface area contributed by atoms with E-state index < -0.39 is 10.0 Å². The fourth-order valence-corrected chi connectivity index (χ4v) is 3.83. The molecule has 0 aromatic heterocycles. The van der Waals surface area contributed by atoms with Gasteiger partial charge in [-0.15, -0.1) is 0 Å².